The van der Waals surface area contributed by atoms with Crippen molar-refractivity contribution >= 4 is 23.9 Å². The molecule has 0 heterocycles. The van der Waals surface area contributed by atoms with Crippen LogP contribution >= 0.6 is 0 Å². The SMILES string of the molecule is C=CCc1cc(/C=N/NC(=O)Nc2ccc(F)cc2)cc(OC)c1OCC(=O)O. The average molecular weight is 401 g/mol. The van der Waals surface area contributed by atoms with Gasteiger partial charge in [-0.15, -0.1) is 6.58 Å². The highest BCUT2D eigenvalue weighted by molar-refractivity contribution is 5.90. The number of carbonyl (C=O) groups excluding carboxylic acids is 1. The number of hydrogen-bond donors (Lipinski definition) is 3. The summed E-state index contributed by atoms with van der Waals surface area (Å²) in [6, 6.07) is 7.98. The van der Waals surface area contributed by atoms with E-state index in [0.29, 0.717) is 34.7 Å². The number of carbonyl (C=O) groups is 2. The molecular formula is C20H20FN3O5. The van der Waals surface area contributed by atoms with Gasteiger partial charge in [0.25, 0.3) is 0 Å². The summed E-state index contributed by atoms with van der Waals surface area (Å²) in [7, 11) is 1.43. The third-order valence-corrected chi connectivity index (χ3v) is 3.56. The van der Waals surface area contributed by atoms with E-state index in [0.717, 1.165) is 0 Å². The Hall–Kier alpha value is -3.88. The van der Waals surface area contributed by atoms with Crippen LogP contribution in [0.4, 0.5) is 14.9 Å². The van der Waals surface area contributed by atoms with Gasteiger partial charge in [0.1, 0.15) is 5.82 Å². The summed E-state index contributed by atoms with van der Waals surface area (Å²) >= 11 is 0. The molecule has 2 aromatic carbocycles. The summed E-state index contributed by atoms with van der Waals surface area (Å²) in [4.78, 5) is 22.6. The minimum atomic E-state index is -1.11. The maximum atomic E-state index is 12.9. The fourth-order valence-electron chi connectivity index (χ4n) is 2.37. The Morgan fingerprint density at radius 3 is 2.62 bits per heavy atom. The van der Waals surface area contributed by atoms with Crippen LogP contribution in [0.3, 0.4) is 0 Å². The Balaban J connectivity index is 2.11. The van der Waals surface area contributed by atoms with E-state index in [1.807, 2.05) is 0 Å². The van der Waals surface area contributed by atoms with Crippen LogP contribution in [0, 0.1) is 5.82 Å². The molecule has 0 aliphatic carbocycles. The standard InChI is InChI=1S/C20H20FN3O5/c1-3-4-14-9-13(10-17(28-2)19(14)29-12-18(25)26)11-22-24-20(27)23-16-7-5-15(21)6-8-16/h3,5-11H,1,4,12H2,2H3,(H,25,26)(H2,23,24,27)/b22-11+. The molecule has 8 nitrogen and oxygen atoms in total. The van der Waals surface area contributed by atoms with E-state index in [1.165, 1.54) is 37.6 Å². The van der Waals surface area contributed by atoms with Gasteiger partial charge < -0.3 is 19.9 Å². The number of allylic oxidation sites excluding steroid dienone is 1. The lowest BCUT2D eigenvalue weighted by Crippen LogP contribution is -2.24. The smallest absolute Gasteiger partial charge is 0.341 e. The van der Waals surface area contributed by atoms with Gasteiger partial charge in [-0.25, -0.2) is 19.4 Å². The molecule has 0 spiro atoms. The molecule has 0 aliphatic heterocycles. The molecule has 0 unspecified atom stereocenters. The Morgan fingerprint density at radius 2 is 2.00 bits per heavy atom. The molecule has 2 rings (SSSR count). The van der Waals surface area contributed by atoms with Crippen LogP contribution in [-0.2, 0) is 11.2 Å². The summed E-state index contributed by atoms with van der Waals surface area (Å²) in [6.45, 7) is 3.16. The lowest BCUT2D eigenvalue weighted by Gasteiger charge is -2.14. The zero-order chi connectivity index (χ0) is 21.2. The van der Waals surface area contributed by atoms with E-state index in [1.54, 1.807) is 18.2 Å². The summed E-state index contributed by atoms with van der Waals surface area (Å²) < 4.78 is 23.5. The fourth-order valence-corrected chi connectivity index (χ4v) is 2.37. The number of hydrazone groups is 1. The van der Waals surface area contributed by atoms with Crippen molar-refractivity contribution in [3.05, 3.63) is 66.0 Å². The first kappa shape index (κ1) is 21.4. The number of ether oxygens (including phenoxy) is 2. The molecule has 0 fully saturated rings. The molecule has 0 radical (unpaired) electrons. The molecule has 152 valence electrons. The molecule has 2 amide bonds. The summed E-state index contributed by atoms with van der Waals surface area (Å²) in [5.74, 6) is -0.899. The van der Waals surface area contributed by atoms with Gasteiger partial charge in [0.15, 0.2) is 18.1 Å². The number of urea groups is 1. The maximum absolute atomic E-state index is 12.9. The van der Waals surface area contributed by atoms with Gasteiger partial charge >= 0.3 is 12.0 Å². The zero-order valence-corrected chi connectivity index (χ0v) is 15.6. The molecule has 2 aromatic rings. The molecule has 0 atom stereocenters. The predicted molar refractivity (Wildman–Crippen MR) is 106 cm³/mol. The number of halogens is 1. The van der Waals surface area contributed by atoms with Crippen molar-refractivity contribution in [2.75, 3.05) is 19.0 Å². The predicted octanol–water partition coefficient (Wildman–Crippen LogP) is 3.18. The van der Waals surface area contributed by atoms with Gasteiger partial charge in [-0.3, -0.25) is 0 Å². The van der Waals surface area contributed by atoms with Crippen LogP contribution < -0.4 is 20.2 Å². The van der Waals surface area contributed by atoms with Gasteiger partial charge in [-0.2, -0.15) is 5.10 Å². The monoisotopic (exact) mass is 401 g/mol. The van der Waals surface area contributed by atoms with Crippen LogP contribution in [0.1, 0.15) is 11.1 Å². The number of hydrogen-bond acceptors (Lipinski definition) is 5. The van der Waals surface area contributed by atoms with Gasteiger partial charge in [0, 0.05) is 11.3 Å². The van der Waals surface area contributed by atoms with Crippen LogP contribution in [0.5, 0.6) is 11.5 Å². The highest BCUT2D eigenvalue weighted by Gasteiger charge is 2.13. The molecule has 0 aliphatic rings. The number of rotatable bonds is 9. The second-order valence-electron chi connectivity index (χ2n) is 5.72. The first-order valence-corrected chi connectivity index (χ1v) is 8.45. The van der Waals surface area contributed by atoms with Crippen molar-refractivity contribution in [2.24, 2.45) is 5.10 Å². The Bertz CT molecular complexity index is 913. The highest BCUT2D eigenvalue weighted by Crippen LogP contribution is 2.33. The van der Waals surface area contributed by atoms with Gasteiger partial charge in [-0.1, -0.05) is 6.08 Å². The lowest BCUT2D eigenvalue weighted by molar-refractivity contribution is -0.139. The number of anilines is 1. The number of nitrogens with one attached hydrogen (secondary N) is 2. The molecule has 3 N–H and O–H groups in total. The second-order valence-corrected chi connectivity index (χ2v) is 5.72. The second kappa shape index (κ2) is 10.5. The highest BCUT2D eigenvalue weighted by atomic mass is 19.1. The van der Waals surface area contributed by atoms with Crippen LogP contribution in [0.25, 0.3) is 0 Å². The minimum Gasteiger partial charge on any atom is -0.493 e. The molecule has 0 aromatic heterocycles. The van der Waals surface area contributed by atoms with Gasteiger partial charge in [0.2, 0.25) is 0 Å². The van der Waals surface area contributed by atoms with Crippen molar-refractivity contribution in [2.45, 2.75) is 6.42 Å². The van der Waals surface area contributed by atoms with Crippen molar-refractivity contribution in [1.29, 1.82) is 0 Å². The van der Waals surface area contributed by atoms with Crippen LogP contribution in [0.2, 0.25) is 0 Å². The molecule has 0 saturated heterocycles. The summed E-state index contributed by atoms with van der Waals surface area (Å²) in [5.41, 5.74) is 3.94. The molecule has 9 heteroatoms. The van der Waals surface area contributed by atoms with Crippen molar-refractivity contribution in [3.8, 4) is 11.5 Å². The average Bonchev–Trinajstić information content (AvgIpc) is 2.68. The third kappa shape index (κ3) is 6.65. The number of nitrogens with zero attached hydrogens (tertiary/aromatic N) is 1. The van der Waals surface area contributed by atoms with Gasteiger partial charge in [-0.05, 0) is 48.4 Å². The quantitative estimate of drug-likeness (QED) is 0.340. The van der Waals surface area contributed by atoms with Crippen LogP contribution in [-0.4, -0.2) is 37.0 Å². The molecular weight excluding hydrogens is 381 g/mol. The third-order valence-electron chi connectivity index (χ3n) is 3.56. The lowest BCUT2D eigenvalue weighted by atomic mass is 10.1. The molecule has 0 bridgehead atoms. The number of carboxylic acid groups (broad SMARTS) is 1. The summed E-state index contributed by atoms with van der Waals surface area (Å²) in [6.07, 6.45) is 3.43. The first-order chi connectivity index (χ1) is 13.9. The topological polar surface area (TPSA) is 109 Å². The van der Waals surface area contributed by atoms with E-state index in [4.69, 9.17) is 14.6 Å². The summed E-state index contributed by atoms with van der Waals surface area (Å²) in [5, 5.41) is 15.2. The van der Waals surface area contributed by atoms with Crippen molar-refractivity contribution < 1.29 is 28.6 Å². The number of carboxylic acids is 1. The fraction of sp³-hybridized carbons (Fsp3) is 0.150. The molecule has 29 heavy (non-hydrogen) atoms. The van der Waals surface area contributed by atoms with E-state index in [-0.39, 0.29) is 0 Å². The number of benzene rings is 2. The van der Waals surface area contributed by atoms with Crippen molar-refractivity contribution in [3.63, 3.8) is 0 Å². The first-order valence-electron chi connectivity index (χ1n) is 8.45. The number of amides is 2. The number of aliphatic carboxylic acids is 1. The Labute approximate surface area is 166 Å². The maximum Gasteiger partial charge on any atom is 0.341 e. The van der Waals surface area contributed by atoms with Crippen molar-refractivity contribution in [1.82, 2.24) is 5.43 Å². The minimum absolute atomic E-state index is 0.300. The van der Waals surface area contributed by atoms with E-state index >= 15 is 0 Å². The Morgan fingerprint density at radius 1 is 1.28 bits per heavy atom. The zero-order valence-electron chi connectivity index (χ0n) is 15.6. The van der Waals surface area contributed by atoms with Gasteiger partial charge in [0.05, 0.1) is 13.3 Å². The van der Waals surface area contributed by atoms with E-state index < -0.39 is 24.4 Å². The Kier molecular flexibility index (Phi) is 7.72. The largest absolute Gasteiger partial charge is 0.493 e. The number of methoxy groups -OCH3 is 1. The van der Waals surface area contributed by atoms with E-state index in [2.05, 4.69) is 22.4 Å². The van der Waals surface area contributed by atoms with E-state index in [9.17, 15) is 14.0 Å². The molecule has 0 saturated carbocycles. The normalized spacial score (nSPS) is 10.4. The van der Waals surface area contributed by atoms with Crippen LogP contribution in [0.15, 0.2) is 54.2 Å².